The molecule has 2 aromatic heterocycles. The number of hydrogen-bond acceptors (Lipinski definition) is 1. The number of fused-ring (bicyclic) bond motifs is 3. The number of nitrogens with zero attached hydrogens (tertiary/aromatic N) is 3. The van der Waals surface area contributed by atoms with Crippen LogP contribution >= 0.6 is 0 Å². The topological polar surface area (TPSA) is 20.1 Å². The van der Waals surface area contributed by atoms with Gasteiger partial charge < -0.3 is 0 Å². The van der Waals surface area contributed by atoms with Crippen molar-refractivity contribution in [2.45, 2.75) is 151 Å². The molecule has 4 rings (SSSR count). The normalized spacial score (nSPS) is 18.0. The van der Waals surface area contributed by atoms with Gasteiger partial charge in [-0.3, -0.25) is 4.99 Å². The molecule has 1 aliphatic rings. The van der Waals surface area contributed by atoms with Crippen molar-refractivity contribution < 1.29 is 9.13 Å². The number of benzene rings is 1. The van der Waals surface area contributed by atoms with Crippen LogP contribution in [0, 0.1) is 5.41 Å². The summed E-state index contributed by atoms with van der Waals surface area (Å²) in [4.78, 5) is 5.15. The average Bonchev–Trinajstić information content (AvgIpc) is 3.11. The molecule has 0 fully saturated rings. The lowest BCUT2D eigenvalue weighted by Gasteiger charge is -2.38. The predicted octanol–water partition coefficient (Wildman–Crippen LogP) is 11.7. The van der Waals surface area contributed by atoms with E-state index in [9.17, 15) is 0 Å². The van der Waals surface area contributed by atoms with Crippen molar-refractivity contribution in [3.63, 3.8) is 0 Å². The molecule has 4 unspecified atom stereocenters. The lowest BCUT2D eigenvalue weighted by molar-refractivity contribution is -0.729. The molecule has 0 bridgehead atoms. The number of aromatic nitrogens is 2. The van der Waals surface area contributed by atoms with E-state index >= 15 is 0 Å². The Labute approximate surface area is 313 Å². The molecule has 0 saturated heterocycles. The van der Waals surface area contributed by atoms with Crippen molar-refractivity contribution in [3.05, 3.63) is 108 Å². The van der Waals surface area contributed by atoms with Gasteiger partial charge in [0.2, 0.25) is 17.4 Å². The molecule has 0 spiro atoms. The molecule has 3 aromatic rings. The van der Waals surface area contributed by atoms with E-state index in [0.717, 1.165) is 30.7 Å². The fourth-order valence-corrected chi connectivity index (χ4v) is 10.00. The van der Waals surface area contributed by atoms with Gasteiger partial charge in [-0.05, 0) is 86.3 Å². The number of pyridine rings is 2. The van der Waals surface area contributed by atoms with E-state index in [4.69, 9.17) is 11.6 Å². The van der Waals surface area contributed by atoms with E-state index < -0.39 is 8.07 Å². The Hall–Kier alpha value is -3.37. The Morgan fingerprint density at radius 3 is 2.27 bits per heavy atom. The number of rotatable bonds is 15. The summed E-state index contributed by atoms with van der Waals surface area (Å²) in [5.41, 5.74) is 10.8. The van der Waals surface area contributed by atoms with E-state index in [-0.39, 0.29) is 23.4 Å². The largest absolute Gasteiger partial charge is 0.283 e. The quantitative estimate of drug-likeness (QED) is 0.0650. The number of aryl methyl sites for hydroxylation is 1. The summed E-state index contributed by atoms with van der Waals surface area (Å²) in [6.07, 6.45) is 18.8. The molecule has 4 heteroatoms. The van der Waals surface area contributed by atoms with Gasteiger partial charge in [-0.2, -0.15) is 9.13 Å². The molecule has 274 valence electrons. The second kappa shape index (κ2) is 17.0. The van der Waals surface area contributed by atoms with E-state index in [1.165, 1.54) is 40.9 Å². The Bertz CT molecular complexity index is 1760. The molecule has 0 saturated carbocycles. The van der Waals surface area contributed by atoms with Crippen LogP contribution in [-0.2, 0) is 6.42 Å². The third kappa shape index (κ3) is 8.65. The summed E-state index contributed by atoms with van der Waals surface area (Å²) in [6.45, 7) is 35.5. The first-order valence-corrected chi connectivity index (χ1v) is 23.4. The summed E-state index contributed by atoms with van der Waals surface area (Å²) >= 11 is 0. The molecule has 0 N–H and O–H groups in total. The highest BCUT2D eigenvalue weighted by Crippen LogP contribution is 2.46. The van der Waals surface area contributed by atoms with Crippen LogP contribution < -0.4 is 14.3 Å². The minimum atomic E-state index is -1.76. The van der Waals surface area contributed by atoms with Gasteiger partial charge >= 0.3 is 0 Å². The van der Waals surface area contributed by atoms with Gasteiger partial charge in [0.15, 0.2) is 18.1 Å². The maximum absolute atomic E-state index is 5.15. The van der Waals surface area contributed by atoms with Crippen molar-refractivity contribution in [3.8, 4) is 11.3 Å². The summed E-state index contributed by atoms with van der Waals surface area (Å²) in [6, 6.07) is 16.8. The van der Waals surface area contributed by atoms with Gasteiger partial charge in [-0.25, -0.2) is 0 Å². The first-order chi connectivity index (χ1) is 24.1. The summed E-state index contributed by atoms with van der Waals surface area (Å²) < 4.78 is 5.08. The standard InChI is InChI=1S/C47H69N3Si/c1-15-22-34(8)48-38(23-16-2)26-27-42-40-24-20-21-25-41(40)44-31-43(35(9)47(11,18-4)19-5)45(51(12,13)14)32-50(44)46(42)36(10)49-29-28-37(33(6)7)30-39(49)17-3/h15-16,20-25,28-33,35,38,42,46H,10,17-19,26-27H2,1-9,11-14H3/q+2/b22-15-,23-16-,48-34?. The van der Waals surface area contributed by atoms with Crippen LogP contribution in [0.2, 0.25) is 19.6 Å². The lowest BCUT2D eigenvalue weighted by Crippen LogP contribution is -2.57. The van der Waals surface area contributed by atoms with Gasteiger partial charge in [0, 0.05) is 41.1 Å². The average molecular weight is 704 g/mol. The molecule has 3 heterocycles. The zero-order valence-corrected chi connectivity index (χ0v) is 35.5. The van der Waals surface area contributed by atoms with Crippen LogP contribution in [-0.4, -0.2) is 19.8 Å². The van der Waals surface area contributed by atoms with Crippen molar-refractivity contribution >= 4 is 24.7 Å². The second-order valence-electron chi connectivity index (χ2n) is 16.7. The van der Waals surface area contributed by atoms with E-state index in [1.807, 2.05) is 0 Å². The lowest BCUT2D eigenvalue weighted by atomic mass is 9.70. The fraction of sp³-hybridized carbons (Fsp3) is 0.511. The van der Waals surface area contributed by atoms with Crippen molar-refractivity contribution in [1.29, 1.82) is 0 Å². The fourth-order valence-electron chi connectivity index (χ4n) is 8.32. The smallest absolute Gasteiger partial charge is 0.249 e. The first kappa shape index (κ1) is 40.4. The van der Waals surface area contributed by atoms with E-state index in [0.29, 0.717) is 11.8 Å². The Morgan fingerprint density at radius 2 is 1.69 bits per heavy atom. The van der Waals surface area contributed by atoms with E-state index in [2.05, 4.69) is 177 Å². The van der Waals surface area contributed by atoms with Crippen molar-refractivity contribution in [2.75, 3.05) is 0 Å². The van der Waals surface area contributed by atoms with Gasteiger partial charge in [-0.15, -0.1) is 0 Å². The minimum Gasteiger partial charge on any atom is -0.283 e. The third-order valence-electron chi connectivity index (χ3n) is 12.1. The molecule has 1 aliphatic heterocycles. The van der Waals surface area contributed by atoms with Crippen LogP contribution in [0.5, 0.6) is 0 Å². The van der Waals surface area contributed by atoms with Crippen LogP contribution in [0.25, 0.3) is 17.0 Å². The Morgan fingerprint density at radius 1 is 1.00 bits per heavy atom. The highest BCUT2D eigenvalue weighted by atomic mass is 28.3. The maximum atomic E-state index is 5.15. The molecule has 0 radical (unpaired) electrons. The zero-order valence-electron chi connectivity index (χ0n) is 34.5. The second-order valence-corrected chi connectivity index (χ2v) is 21.7. The molecule has 1 aromatic carbocycles. The van der Waals surface area contributed by atoms with Gasteiger partial charge in [0.25, 0.3) is 0 Å². The maximum Gasteiger partial charge on any atom is 0.249 e. The van der Waals surface area contributed by atoms with Crippen LogP contribution in [0.15, 0.2) is 90.7 Å². The van der Waals surface area contributed by atoms with Gasteiger partial charge in [-0.1, -0.05) is 117 Å². The molecule has 0 aliphatic carbocycles. The molecule has 0 amide bonds. The Kier molecular flexibility index (Phi) is 13.4. The van der Waals surface area contributed by atoms with E-state index in [1.54, 1.807) is 10.8 Å². The van der Waals surface area contributed by atoms with Crippen LogP contribution in [0.1, 0.15) is 141 Å². The molecular formula is C47H69N3Si+2. The zero-order chi connectivity index (χ0) is 37.7. The minimum absolute atomic E-state index is 0.0603. The molecule has 51 heavy (non-hydrogen) atoms. The number of hydrogen-bond donors (Lipinski definition) is 0. The number of allylic oxidation sites excluding steroid dienone is 4. The predicted molar refractivity (Wildman–Crippen MR) is 225 cm³/mol. The first-order valence-electron chi connectivity index (χ1n) is 19.9. The van der Waals surface area contributed by atoms with Gasteiger partial charge in [0.1, 0.15) is 0 Å². The summed E-state index contributed by atoms with van der Waals surface area (Å²) in [5.74, 6) is 1.18. The third-order valence-corrected chi connectivity index (χ3v) is 14.1. The van der Waals surface area contributed by atoms with Crippen LogP contribution in [0.3, 0.4) is 0 Å². The van der Waals surface area contributed by atoms with Crippen molar-refractivity contribution in [1.82, 2.24) is 0 Å². The Balaban J connectivity index is 2.03. The number of aliphatic imine (C=N–C) groups is 1. The molecular weight excluding hydrogens is 635 g/mol. The monoisotopic (exact) mass is 704 g/mol. The summed E-state index contributed by atoms with van der Waals surface area (Å²) in [7, 11) is -1.76. The van der Waals surface area contributed by atoms with Crippen LogP contribution in [0.4, 0.5) is 0 Å². The molecule has 4 atom stereocenters. The summed E-state index contributed by atoms with van der Waals surface area (Å²) in [5, 5.41) is 1.58. The highest BCUT2D eigenvalue weighted by molar-refractivity contribution is 6.89. The highest BCUT2D eigenvalue weighted by Gasteiger charge is 2.48. The SMILES string of the molecule is C=C(C1C(CCC(/C=C\C)N=C(C)/C=C\C)c2ccccc2-c2cc(C(C)C(C)(CC)CC)c([Si](C)(C)C)c[n+]21)[n+]1ccc(C(C)C)cc1CC. The van der Waals surface area contributed by atoms with Gasteiger partial charge in [0.05, 0.1) is 20.0 Å². The molecule has 3 nitrogen and oxygen atoms in total. The van der Waals surface area contributed by atoms with Crippen molar-refractivity contribution in [2.24, 2.45) is 10.4 Å².